The Morgan fingerprint density at radius 1 is 0.972 bits per heavy atom. The highest BCUT2D eigenvalue weighted by Gasteiger charge is 2.24. The van der Waals surface area contributed by atoms with Crippen LogP contribution in [0.3, 0.4) is 0 Å². The van der Waals surface area contributed by atoms with Crippen LogP contribution in [-0.4, -0.2) is 41.0 Å². The lowest BCUT2D eigenvalue weighted by Gasteiger charge is -2.07. The fraction of sp³-hybridized carbons (Fsp3) is 0.111. The van der Waals surface area contributed by atoms with Crippen molar-refractivity contribution in [1.29, 1.82) is 0 Å². The number of amides is 1. The van der Waals surface area contributed by atoms with E-state index < -0.39 is 0 Å². The summed E-state index contributed by atoms with van der Waals surface area (Å²) in [7, 11) is 3.14. The number of hydrogen-bond donors (Lipinski definition) is 2. The molecule has 3 aromatic carbocycles. The number of methoxy groups -OCH3 is 2. The van der Waals surface area contributed by atoms with Gasteiger partial charge in [-0.2, -0.15) is 9.78 Å². The van der Waals surface area contributed by atoms with E-state index in [-0.39, 0.29) is 17.3 Å². The molecule has 0 aliphatic carbocycles. The molecule has 0 aliphatic rings. The van der Waals surface area contributed by atoms with Crippen LogP contribution < -0.4 is 20.5 Å². The number of nitrogens with two attached hydrogens (primary N) is 1. The van der Waals surface area contributed by atoms with Crippen LogP contribution in [0.4, 0.5) is 5.82 Å². The summed E-state index contributed by atoms with van der Waals surface area (Å²) >= 11 is 0. The highest BCUT2D eigenvalue weighted by atomic mass is 16.5. The molecule has 9 nitrogen and oxygen atoms in total. The van der Waals surface area contributed by atoms with Gasteiger partial charge in [-0.3, -0.25) is 4.79 Å². The standard InChI is InChI=1S/C27H24N6O3/c1-35-21-13-12-18(14-22(21)36-2)16-30-33-25(28)23(27(34)29-15-17-8-4-3-5-9-17)24-26(33)32-20-11-7-6-10-19(20)31-24/h3-14,16H,15,28H2,1-2H3,(H,29,34). The summed E-state index contributed by atoms with van der Waals surface area (Å²) in [5.74, 6) is 0.961. The Kier molecular flexibility index (Phi) is 6.19. The van der Waals surface area contributed by atoms with Crippen molar-refractivity contribution in [3.8, 4) is 11.5 Å². The van der Waals surface area contributed by atoms with Crippen molar-refractivity contribution in [3.63, 3.8) is 0 Å². The van der Waals surface area contributed by atoms with Gasteiger partial charge in [-0.25, -0.2) is 9.97 Å². The third-order valence-electron chi connectivity index (χ3n) is 5.73. The number of aromatic nitrogens is 3. The first-order valence-corrected chi connectivity index (χ1v) is 11.2. The fourth-order valence-corrected chi connectivity index (χ4v) is 3.91. The van der Waals surface area contributed by atoms with Gasteiger partial charge in [0.05, 0.1) is 31.5 Å². The van der Waals surface area contributed by atoms with E-state index in [1.54, 1.807) is 32.6 Å². The number of nitrogen functional groups attached to an aromatic ring is 1. The van der Waals surface area contributed by atoms with E-state index in [0.717, 1.165) is 11.1 Å². The molecule has 0 atom stereocenters. The summed E-state index contributed by atoms with van der Waals surface area (Å²) in [4.78, 5) is 22.7. The highest BCUT2D eigenvalue weighted by molar-refractivity contribution is 6.10. The van der Waals surface area contributed by atoms with Crippen molar-refractivity contribution in [3.05, 3.63) is 89.5 Å². The average molecular weight is 481 g/mol. The van der Waals surface area contributed by atoms with Gasteiger partial charge in [0.25, 0.3) is 5.91 Å². The molecule has 0 fully saturated rings. The van der Waals surface area contributed by atoms with E-state index in [4.69, 9.17) is 25.2 Å². The van der Waals surface area contributed by atoms with E-state index in [1.165, 1.54) is 4.68 Å². The van der Waals surface area contributed by atoms with Crippen molar-refractivity contribution in [2.75, 3.05) is 20.0 Å². The normalized spacial score (nSPS) is 11.3. The molecule has 180 valence electrons. The second-order valence-electron chi connectivity index (χ2n) is 7.98. The first-order chi connectivity index (χ1) is 17.6. The highest BCUT2D eigenvalue weighted by Crippen LogP contribution is 2.29. The number of hydrogen-bond acceptors (Lipinski definition) is 7. The largest absolute Gasteiger partial charge is 0.493 e. The first kappa shape index (κ1) is 22.9. The summed E-state index contributed by atoms with van der Waals surface area (Å²) in [5, 5.41) is 7.48. The molecule has 0 saturated heterocycles. The Hall–Kier alpha value is -4.92. The first-order valence-electron chi connectivity index (χ1n) is 11.2. The lowest BCUT2D eigenvalue weighted by molar-refractivity contribution is 0.0953. The van der Waals surface area contributed by atoms with Crippen LogP contribution in [0.1, 0.15) is 21.5 Å². The lowest BCUT2D eigenvalue weighted by Crippen LogP contribution is -2.23. The van der Waals surface area contributed by atoms with Gasteiger partial charge in [-0.15, -0.1) is 0 Å². The number of benzene rings is 3. The second-order valence-corrected chi connectivity index (χ2v) is 7.98. The topological polar surface area (TPSA) is 117 Å². The Labute approximate surface area is 207 Å². The molecule has 36 heavy (non-hydrogen) atoms. The second kappa shape index (κ2) is 9.75. The molecule has 3 N–H and O–H groups in total. The van der Waals surface area contributed by atoms with E-state index in [9.17, 15) is 4.79 Å². The number of carbonyl (C=O) groups excluding carboxylic acids is 1. The number of nitrogens with zero attached hydrogens (tertiary/aromatic N) is 4. The van der Waals surface area contributed by atoms with Gasteiger partial charge in [0.1, 0.15) is 16.9 Å². The molecule has 0 aliphatic heterocycles. The molecule has 0 spiro atoms. The van der Waals surface area contributed by atoms with Gasteiger partial charge < -0.3 is 20.5 Å². The summed E-state index contributed by atoms with van der Waals surface area (Å²) in [5.41, 5.74) is 10.5. The monoisotopic (exact) mass is 480 g/mol. The molecule has 2 aromatic heterocycles. The molecule has 0 unspecified atom stereocenters. The van der Waals surface area contributed by atoms with Crippen LogP contribution in [0.25, 0.3) is 22.2 Å². The fourth-order valence-electron chi connectivity index (χ4n) is 3.91. The Bertz CT molecular complexity index is 1590. The third kappa shape index (κ3) is 4.29. The van der Waals surface area contributed by atoms with Crippen molar-refractivity contribution < 1.29 is 14.3 Å². The lowest BCUT2D eigenvalue weighted by atomic mass is 10.2. The smallest absolute Gasteiger partial charge is 0.257 e. The summed E-state index contributed by atoms with van der Waals surface area (Å²) in [6.45, 7) is 0.349. The average Bonchev–Trinajstić information content (AvgIpc) is 3.19. The number of rotatable bonds is 7. The van der Waals surface area contributed by atoms with Gasteiger partial charge in [0.2, 0.25) is 0 Å². The molecule has 9 heteroatoms. The minimum Gasteiger partial charge on any atom is -0.493 e. The zero-order valence-electron chi connectivity index (χ0n) is 19.8. The van der Waals surface area contributed by atoms with Crippen LogP contribution in [0.5, 0.6) is 11.5 Å². The van der Waals surface area contributed by atoms with Gasteiger partial charge >= 0.3 is 0 Å². The predicted molar refractivity (Wildman–Crippen MR) is 140 cm³/mol. The quantitative estimate of drug-likeness (QED) is 0.340. The van der Waals surface area contributed by atoms with Crippen LogP contribution in [0.2, 0.25) is 0 Å². The molecule has 0 saturated carbocycles. The summed E-state index contributed by atoms with van der Waals surface area (Å²) in [6, 6.07) is 22.5. The molecule has 0 radical (unpaired) electrons. The maximum Gasteiger partial charge on any atom is 0.257 e. The molecule has 2 heterocycles. The molecular weight excluding hydrogens is 456 g/mol. The predicted octanol–water partition coefficient (Wildman–Crippen LogP) is 4.00. The maximum absolute atomic E-state index is 13.3. The number of fused-ring (bicyclic) bond motifs is 2. The Morgan fingerprint density at radius 2 is 1.67 bits per heavy atom. The number of anilines is 1. The molecular formula is C27H24N6O3. The molecule has 1 amide bonds. The SMILES string of the molecule is COc1ccc(C=Nn2c(N)c(C(=O)NCc3ccccc3)c3nc4ccccc4nc32)cc1OC. The maximum atomic E-state index is 13.3. The van der Waals surface area contributed by atoms with Crippen molar-refractivity contribution in [1.82, 2.24) is 20.0 Å². The van der Waals surface area contributed by atoms with Crippen LogP contribution in [-0.2, 0) is 6.54 Å². The van der Waals surface area contributed by atoms with Gasteiger partial charge in [0, 0.05) is 6.54 Å². The number of para-hydroxylation sites is 2. The summed E-state index contributed by atoms with van der Waals surface area (Å²) < 4.78 is 12.1. The minimum absolute atomic E-state index is 0.141. The van der Waals surface area contributed by atoms with Gasteiger partial charge in [-0.05, 0) is 41.5 Å². The summed E-state index contributed by atoms with van der Waals surface area (Å²) in [6.07, 6.45) is 1.61. The third-order valence-corrected chi connectivity index (χ3v) is 5.73. The zero-order chi connectivity index (χ0) is 25.1. The van der Waals surface area contributed by atoms with Crippen molar-refractivity contribution >= 4 is 40.1 Å². The van der Waals surface area contributed by atoms with Gasteiger partial charge in [0.15, 0.2) is 17.1 Å². The van der Waals surface area contributed by atoms with Crippen molar-refractivity contribution in [2.45, 2.75) is 6.54 Å². The number of ether oxygens (including phenoxy) is 2. The molecule has 5 rings (SSSR count). The zero-order valence-corrected chi connectivity index (χ0v) is 19.8. The van der Waals surface area contributed by atoms with E-state index in [2.05, 4.69) is 10.4 Å². The van der Waals surface area contributed by atoms with E-state index in [0.29, 0.717) is 40.2 Å². The van der Waals surface area contributed by atoms with Crippen LogP contribution in [0, 0.1) is 0 Å². The van der Waals surface area contributed by atoms with Crippen molar-refractivity contribution in [2.24, 2.45) is 5.10 Å². The molecule has 5 aromatic rings. The van der Waals surface area contributed by atoms with Crippen LogP contribution >= 0.6 is 0 Å². The number of carbonyl (C=O) groups is 1. The van der Waals surface area contributed by atoms with E-state index in [1.807, 2.05) is 60.7 Å². The minimum atomic E-state index is -0.356. The molecule has 0 bridgehead atoms. The van der Waals surface area contributed by atoms with Crippen LogP contribution in [0.15, 0.2) is 77.9 Å². The van der Waals surface area contributed by atoms with E-state index >= 15 is 0 Å². The van der Waals surface area contributed by atoms with Gasteiger partial charge in [-0.1, -0.05) is 42.5 Å². The number of nitrogens with one attached hydrogen (secondary N) is 1. The Balaban J connectivity index is 1.58. The Morgan fingerprint density at radius 3 is 2.39 bits per heavy atom.